The van der Waals surface area contributed by atoms with Crippen LogP contribution in [0.15, 0.2) is 18.2 Å². The number of hydrogen-bond donors (Lipinski definition) is 2. The molecule has 1 heterocycles. The molecule has 1 amide bonds. The second-order valence-electron chi connectivity index (χ2n) is 6.66. The number of anilines is 1. The molecule has 1 aromatic heterocycles. The van der Waals surface area contributed by atoms with E-state index in [0.29, 0.717) is 24.6 Å². The minimum Gasteiger partial charge on any atom is -0.508 e. The molecule has 1 aliphatic rings. The van der Waals surface area contributed by atoms with Crippen LogP contribution in [0.5, 0.6) is 5.75 Å². The van der Waals surface area contributed by atoms with E-state index in [0.717, 1.165) is 41.1 Å². The first-order valence-corrected chi connectivity index (χ1v) is 8.49. The summed E-state index contributed by atoms with van der Waals surface area (Å²) in [7, 11) is 0. The van der Waals surface area contributed by atoms with Gasteiger partial charge in [-0.05, 0) is 48.9 Å². The normalized spacial score (nSPS) is 12.7. The van der Waals surface area contributed by atoms with E-state index in [2.05, 4.69) is 5.32 Å². The first-order valence-electron chi connectivity index (χ1n) is 8.49. The van der Waals surface area contributed by atoms with Crippen molar-refractivity contribution in [1.29, 1.82) is 0 Å². The Kier molecular flexibility index (Phi) is 4.51. The minimum absolute atomic E-state index is 0.0184. The van der Waals surface area contributed by atoms with Crippen LogP contribution in [0.4, 0.5) is 5.82 Å². The number of nitrogens with one attached hydrogen (secondary N) is 1. The molecule has 0 unspecified atom stereocenters. The number of rotatable bonds is 4. The average Bonchev–Trinajstić information content (AvgIpc) is 2.52. The molecule has 2 N–H and O–H groups in total. The number of aryl methyl sites for hydroxylation is 3. The zero-order valence-corrected chi connectivity index (χ0v) is 14.4. The van der Waals surface area contributed by atoms with Crippen LogP contribution < -0.4 is 5.32 Å². The highest BCUT2D eigenvalue weighted by Crippen LogP contribution is 2.34. The monoisotopic (exact) mass is 325 g/mol. The molecule has 0 fully saturated rings. The van der Waals surface area contributed by atoms with Crippen LogP contribution >= 0.6 is 0 Å². The van der Waals surface area contributed by atoms with Crippen molar-refractivity contribution in [2.45, 2.75) is 46.5 Å². The number of phenols is 1. The first kappa shape index (κ1) is 16.4. The van der Waals surface area contributed by atoms with Crippen LogP contribution in [0.2, 0.25) is 0 Å². The van der Waals surface area contributed by atoms with E-state index in [1.807, 2.05) is 26.8 Å². The van der Waals surface area contributed by atoms with Gasteiger partial charge >= 0.3 is 0 Å². The number of aromatic nitrogens is 2. The summed E-state index contributed by atoms with van der Waals surface area (Å²) in [4.78, 5) is 21.6. The summed E-state index contributed by atoms with van der Waals surface area (Å²) in [5.41, 5.74) is 4.69. The highest BCUT2D eigenvalue weighted by atomic mass is 16.3. The molecule has 0 saturated heterocycles. The maximum absolute atomic E-state index is 12.1. The Hall–Kier alpha value is -2.43. The fourth-order valence-electron chi connectivity index (χ4n) is 3.07. The van der Waals surface area contributed by atoms with E-state index in [-0.39, 0.29) is 11.7 Å². The third kappa shape index (κ3) is 3.25. The third-order valence-electron chi connectivity index (χ3n) is 4.20. The van der Waals surface area contributed by atoms with Crippen molar-refractivity contribution in [3.05, 3.63) is 35.2 Å². The van der Waals surface area contributed by atoms with Gasteiger partial charge in [0.05, 0.1) is 17.1 Å². The van der Waals surface area contributed by atoms with Crippen molar-refractivity contribution in [1.82, 2.24) is 9.97 Å². The van der Waals surface area contributed by atoms with Gasteiger partial charge in [-0.25, -0.2) is 9.97 Å². The average molecular weight is 325 g/mol. The van der Waals surface area contributed by atoms with Crippen LogP contribution in [0.25, 0.3) is 11.3 Å². The Morgan fingerprint density at radius 3 is 2.79 bits per heavy atom. The molecule has 0 saturated carbocycles. The summed E-state index contributed by atoms with van der Waals surface area (Å²) in [6.07, 6.45) is 2.75. The lowest BCUT2D eigenvalue weighted by Crippen LogP contribution is -2.19. The fourth-order valence-corrected chi connectivity index (χ4v) is 3.07. The number of carbonyl (C=O) groups is 1. The molecule has 5 heteroatoms. The maximum atomic E-state index is 12.1. The second-order valence-corrected chi connectivity index (χ2v) is 6.66. The lowest BCUT2D eigenvalue weighted by Gasteiger charge is -2.21. The molecule has 126 valence electrons. The van der Waals surface area contributed by atoms with Crippen molar-refractivity contribution < 1.29 is 9.90 Å². The SMILES string of the molecule is CCc1nc2c(nc1NC(=O)CC(C)C)CCc1cc(O)ccc1-2. The summed E-state index contributed by atoms with van der Waals surface area (Å²) in [5, 5.41) is 12.6. The molecule has 1 aromatic carbocycles. The van der Waals surface area contributed by atoms with Gasteiger partial charge in [-0.3, -0.25) is 4.79 Å². The van der Waals surface area contributed by atoms with Gasteiger partial charge in [-0.1, -0.05) is 20.8 Å². The predicted octanol–water partition coefficient (Wildman–Crippen LogP) is 3.49. The highest BCUT2D eigenvalue weighted by molar-refractivity contribution is 5.90. The number of amides is 1. The van der Waals surface area contributed by atoms with Crippen LogP contribution in [0.1, 0.15) is 44.1 Å². The van der Waals surface area contributed by atoms with Crippen molar-refractivity contribution in [2.75, 3.05) is 5.32 Å². The van der Waals surface area contributed by atoms with E-state index in [1.165, 1.54) is 0 Å². The van der Waals surface area contributed by atoms with Crippen molar-refractivity contribution in [2.24, 2.45) is 5.92 Å². The molecule has 5 nitrogen and oxygen atoms in total. The zero-order valence-electron chi connectivity index (χ0n) is 14.4. The highest BCUT2D eigenvalue weighted by Gasteiger charge is 2.22. The van der Waals surface area contributed by atoms with E-state index < -0.39 is 0 Å². The van der Waals surface area contributed by atoms with E-state index >= 15 is 0 Å². The molecule has 0 aliphatic heterocycles. The zero-order chi connectivity index (χ0) is 17.3. The minimum atomic E-state index is -0.0184. The van der Waals surface area contributed by atoms with Gasteiger partial charge in [0, 0.05) is 12.0 Å². The molecule has 0 radical (unpaired) electrons. The standard InChI is InChI=1S/C19H23N3O2/c1-4-15-19(22-17(24)9-11(2)3)21-16-8-5-12-10-13(23)6-7-14(12)18(16)20-15/h6-7,10-11,23H,4-5,8-9H2,1-3H3,(H,21,22,24). The van der Waals surface area contributed by atoms with E-state index in [1.54, 1.807) is 12.1 Å². The topological polar surface area (TPSA) is 75.1 Å². The van der Waals surface area contributed by atoms with Crippen LogP contribution in [0.3, 0.4) is 0 Å². The molecule has 3 rings (SSSR count). The molecule has 24 heavy (non-hydrogen) atoms. The van der Waals surface area contributed by atoms with Crippen molar-refractivity contribution in [3.63, 3.8) is 0 Å². The molecular formula is C19H23N3O2. The van der Waals surface area contributed by atoms with Gasteiger partial charge in [0.1, 0.15) is 5.75 Å². The van der Waals surface area contributed by atoms with Gasteiger partial charge < -0.3 is 10.4 Å². The Balaban J connectivity index is 1.98. The van der Waals surface area contributed by atoms with Gasteiger partial charge in [-0.15, -0.1) is 0 Å². The van der Waals surface area contributed by atoms with Gasteiger partial charge in [0.2, 0.25) is 5.91 Å². The van der Waals surface area contributed by atoms with E-state index in [4.69, 9.17) is 9.97 Å². The molecule has 1 aliphatic carbocycles. The van der Waals surface area contributed by atoms with Crippen LogP contribution in [0, 0.1) is 5.92 Å². The molecule has 0 spiro atoms. The predicted molar refractivity (Wildman–Crippen MR) is 94.0 cm³/mol. The second kappa shape index (κ2) is 6.59. The third-order valence-corrected chi connectivity index (χ3v) is 4.20. The van der Waals surface area contributed by atoms with Gasteiger partial charge in [0.15, 0.2) is 5.82 Å². The summed E-state index contributed by atoms with van der Waals surface area (Å²) in [6.45, 7) is 6.05. The molecule has 2 aromatic rings. The summed E-state index contributed by atoms with van der Waals surface area (Å²) in [5.74, 6) is 1.15. The van der Waals surface area contributed by atoms with Crippen LogP contribution in [-0.4, -0.2) is 21.0 Å². The number of phenolic OH excluding ortho intramolecular Hbond substituents is 1. The smallest absolute Gasteiger partial charge is 0.225 e. The summed E-state index contributed by atoms with van der Waals surface area (Å²) in [6, 6.07) is 5.37. The van der Waals surface area contributed by atoms with Crippen molar-refractivity contribution in [3.8, 4) is 17.0 Å². The van der Waals surface area contributed by atoms with Crippen molar-refractivity contribution >= 4 is 11.7 Å². The molecule has 0 atom stereocenters. The van der Waals surface area contributed by atoms with Gasteiger partial charge in [-0.2, -0.15) is 0 Å². The van der Waals surface area contributed by atoms with Gasteiger partial charge in [0.25, 0.3) is 0 Å². The summed E-state index contributed by atoms with van der Waals surface area (Å²) < 4.78 is 0. The number of nitrogens with zero attached hydrogens (tertiary/aromatic N) is 2. The first-order chi connectivity index (χ1) is 11.5. The molecular weight excluding hydrogens is 302 g/mol. The fraction of sp³-hybridized carbons (Fsp3) is 0.421. The largest absolute Gasteiger partial charge is 0.508 e. The Morgan fingerprint density at radius 2 is 2.08 bits per heavy atom. The Bertz CT molecular complexity index is 784. The Morgan fingerprint density at radius 1 is 1.29 bits per heavy atom. The van der Waals surface area contributed by atoms with Crippen LogP contribution in [-0.2, 0) is 24.1 Å². The lowest BCUT2D eigenvalue weighted by atomic mass is 9.91. The molecule has 0 bridgehead atoms. The van der Waals surface area contributed by atoms with E-state index in [9.17, 15) is 9.90 Å². The summed E-state index contributed by atoms with van der Waals surface area (Å²) >= 11 is 0. The quantitative estimate of drug-likeness (QED) is 0.902. The number of fused-ring (bicyclic) bond motifs is 3. The number of aromatic hydroxyl groups is 1. The Labute approximate surface area is 142 Å². The lowest BCUT2D eigenvalue weighted by molar-refractivity contribution is -0.116. The number of carbonyl (C=O) groups excluding carboxylic acids is 1. The maximum Gasteiger partial charge on any atom is 0.225 e. The number of hydrogen-bond acceptors (Lipinski definition) is 4. The number of benzene rings is 1.